The number of carbonyl (C=O) groups is 1. The third-order valence-corrected chi connectivity index (χ3v) is 6.27. The highest BCUT2D eigenvalue weighted by Crippen LogP contribution is 2.43. The number of halogens is 1. The van der Waals surface area contributed by atoms with Crippen molar-refractivity contribution in [3.8, 4) is 0 Å². The van der Waals surface area contributed by atoms with Crippen molar-refractivity contribution in [1.29, 1.82) is 10.8 Å². The number of fused-ring (bicyclic) bond motifs is 1. The molecule has 7 heteroatoms. The molecule has 0 radical (unpaired) electrons. The Morgan fingerprint density at radius 3 is 2.41 bits per heavy atom. The molecule has 1 aliphatic rings. The number of thioether (sulfide) groups is 1. The Morgan fingerprint density at radius 2 is 1.85 bits per heavy atom. The molecule has 3 N–H and O–H groups in total. The minimum atomic E-state index is -1.14. The van der Waals surface area contributed by atoms with E-state index in [0.717, 1.165) is 22.7 Å². The first-order valence-electron chi connectivity index (χ1n) is 8.74. The number of carboxylic acid groups (broad SMARTS) is 1. The molecular formula is C20H22BrN3O2S. The van der Waals surface area contributed by atoms with E-state index in [1.54, 1.807) is 13.8 Å². The lowest BCUT2D eigenvalue weighted by atomic mass is 9.97. The maximum atomic E-state index is 11.4. The first-order chi connectivity index (χ1) is 12.7. The van der Waals surface area contributed by atoms with Gasteiger partial charge >= 0.3 is 5.97 Å². The van der Waals surface area contributed by atoms with Crippen LogP contribution in [0, 0.1) is 10.8 Å². The van der Waals surface area contributed by atoms with E-state index in [4.69, 9.17) is 10.8 Å². The Balaban J connectivity index is 1.91. The summed E-state index contributed by atoms with van der Waals surface area (Å²) in [5.74, 6) is -0.350. The van der Waals surface area contributed by atoms with Crippen LogP contribution >= 0.6 is 27.7 Å². The molecule has 0 heterocycles. The SMILES string of the molecule is CC(C)(SC(=N)N(Cc1ccc(C2CC2)c2ccccc12)C(=N)Br)C(=O)O. The number of rotatable bonds is 5. The quantitative estimate of drug-likeness (QED) is 0.326. The average molecular weight is 448 g/mol. The van der Waals surface area contributed by atoms with Gasteiger partial charge in [-0.15, -0.1) is 0 Å². The highest BCUT2D eigenvalue weighted by Gasteiger charge is 2.32. The van der Waals surface area contributed by atoms with Gasteiger partial charge in [-0.1, -0.05) is 48.2 Å². The summed E-state index contributed by atoms with van der Waals surface area (Å²) in [4.78, 5) is 12.9. The van der Waals surface area contributed by atoms with Crippen LogP contribution in [0.3, 0.4) is 0 Å². The Labute approximate surface area is 171 Å². The zero-order chi connectivity index (χ0) is 19.8. The van der Waals surface area contributed by atoms with Gasteiger partial charge in [0.25, 0.3) is 0 Å². The molecule has 1 fully saturated rings. The van der Waals surface area contributed by atoms with E-state index in [0.29, 0.717) is 12.5 Å². The monoisotopic (exact) mass is 447 g/mol. The van der Waals surface area contributed by atoms with Gasteiger partial charge in [0.15, 0.2) is 9.91 Å². The van der Waals surface area contributed by atoms with Gasteiger partial charge in [-0.2, -0.15) is 0 Å². The minimum Gasteiger partial charge on any atom is -0.480 e. The molecule has 3 rings (SSSR count). The second-order valence-corrected chi connectivity index (χ2v) is 9.60. The van der Waals surface area contributed by atoms with Crippen LogP contribution in [0.15, 0.2) is 36.4 Å². The zero-order valence-corrected chi connectivity index (χ0v) is 17.7. The summed E-state index contributed by atoms with van der Waals surface area (Å²) in [6.07, 6.45) is 2.46. The number of benzene rings is 2. The van der Waals surface area contributed by atoms with Crippen LogP contribution in [-0.2, 0) is 11.3 Å². The van der Waals surface area contributed by atoms with Gasteiger partial charge in [0, 0.05) is 0 Å². The summed E-state index contributed by atoms with van der Waals surface area (Å²) in [6.45, 7) is 3.45. The van der Waals surface area contributed by atoms with Crippen molar-refractivity contribution in [2.24, 2.45) is 0 Å². The number of hydrogen-bond donors (Lipinski definition) is 3. The number of nitrogens with zero attached hydrogens (tertiary/aromatic N) is 1. The standard InChI is InChI=1S/C20H22BrN3O2S/c1-20(2,17(25)26)27-19(23)24(18(21)22)11-13-9-10-15(12-7-8-12)16-6-4-3-5-14(13)16/h3-6,9-10,12,22-23H,7-8,11H2,1-2H3,(H,25,26). The average Bonchev–Trinajstić information content (AvgIpc) is 3.43. The predicted octanol–water partition coefficient (Wildman–Crippen LogP) is 5.38. The molecule has 0 atom stereocenters. The fourth-order valence-electron chi connectivity index (χ4n) is 3.01. The Hall–Kier alpha value is -1.86. The van der Waals surface area contributed by atoms with Crippen LogP contribution in [-0.4, -0.2) is 30.6 Å². The summed E-state index contributed by atoms with van der Waals surface area (Å²) in [6, 6.07) is 12.5. The van der Waals surface area contributed by atoms with Crippen molar-refractivity contribution < 1.29 is 9.90 Å². The van der Waals surface area contributed by atoms with Gasteiger partial charge in [-0.05, 0) is 70.4 Å². The van der Waals surface area contributed by atoms with Crippen molar-refractivity contribution in [3.05, 3.63) is 47.5 Å². The van der Waals surface area contributed by atoms with Crippen molar-refractivity contribution in [1.82, 2.24) is 4.90 Å². The fourth-order valence-corrected chi connectivity index (χ4v) is 4.27. The summed E-state index contributed by atoms with van der Waals surface area (Å²) in [7, 11) is 0. The summed E-state index contributed by atoms with van der Waals surface area (Å²) >= 11 is 4.09. The van der Waals surface area contributed by atoms with E-state index < -0.39 is 10.7 Å². The molecule has 5 nitrogen and oxygen atoms in total. The molecule has 0 spiro atoms. The highest BCUT2D eigenvalue weighted by molar-refractivity contribution is 9.18. The number of amidine groups is 2. The number of nitrogens with one attached hydrogen (secondary N) is 2. The first-order valence-corrected chi connectivity index (χ1v) is 10.3. The van der Waals surface area contributed by atoms with Gasteiger partial charge in [-0.25, -0.2) is 0 Å². The van der Waals surface area contributed by atoms with E-state index in [1.165, 1.54) is 28.7 Å². The highest BCUT2D eigenvalue weighted by atomic mass is 79.9. The van der Waals surface area contributed by atoms with E-state index in [2.05, 4.69) is 40.2 Å². The lowest BCUT2D eigenvalue weighted by Crippen LogP contribution is -2.36. The third-order valence-electron chi connectivity index (χ3n) is 4.74. The molecule has 0 unspecified atom stereocenters. The number of aliphatic carboxylic acids is 1. The van der Waals surface area contributed by atoms with Crippen molar-refractivity contribution in [3.63, 3.8) is 0 Å². The third kappa shape index (κ3) is 4.35. The van der Waals surface area contributed by atoms with Crippen molar-refractivity contribution in [2.45, 2.75) is 43.9 Å². The van der Waals surface area contributed by atoms with Crippen LogP contribution in [0.4, 0.5) is 0 Å². The normalized spacial score (nSPS) is 14.2. The molecule has 27 heavy (non-hydrogen) atoms. The molecule has 1 saturated carbocycles. The molecule has 2 aromatic rings. The Morgan fingerprint density at radius 1 is 1.22 bits per heavy atom. The second-order valence-electron chi connectivity index (χ2n) is 7.23. The van der Waals surface area contributed by atoms with Crippen LogP contribution in [0.2, 0.25) is 0 Å². The molecule has 0 aliphatic heterocycles. The van der Waals surface area contributed by atoms with Gasteiger partial charge in [0.05, 0.1) is 6.54 Å². The Kier molecular flexibility index (Phi) is 5.63. The maximum Gasteiger partial charge on any atom is 0.319 e. The summed E-state index contributed by atoms with van der Waals surface area (Å²) in [5, 5.41) is 28.1. The largest absolute Gasteiger partial charge is 0.480 e. The molecule has 142 valence electrons. The van der Waals surface area contributed by atoms with Gasteiger partial charge in [0.2, 0.25) is 0 Å². The zero-order valence-electron chi connectivity index (χ0n) is 15.3. The lowest BCUT2D eigenvalue weighted by Gasteiger charge is -2.27. The van der Waals surface area contributed by atoms with Crippen LogP contribution < -0.4 is 0 Å². The topological polar surface area (TPSA) is 88.2 Å². The van der Waals surface area contributed by atoms with Crippen LogP contribution in [0.25, 0.3) is 10.8 Å². The van der Waals surface area contributed by atoms with E-state index >= 15 is 0 Å². The van der Waals surface area contributed by atoms with E-state index in [1.807, 2.05) is 12.1 Å². The van der Waals surface area contributed by atoms with Crippen LogP contribution in [0.1, 0.15) is 43.7 Å². The number of hydrogen-bond acceptors (Lipinski definition) is 4. The molecule has 0 aromatic heterocycles. The molecule has 0 bridgehead atoms. The lowest BCUT2D eigenvalue weighted by molar-refractivity contribution is -0.138. The van der Waals surface area contributed by atoms with Gasteiger partial charge < -0.3 is 5.11 Å². The van der Waals surface area contributed by atoms with Crippen molar-refractivity contribution >= 4 is 54.3 Å². The molecular weight excluding hydrogens is 426 g/mol. The maximum absolute atomic E-state index is 11.4. The predicted molar refractivity (Wildman–Crippen MR) is 115 cm³/mol. The second kappa shape index (κ2) is 7.64. The molecule has 0 saturated heterocycles. The van der Waals surface area contributed by atoms with E-state index in [-0.39, 0.29) is 9.91 Å². The molecule has 1 aliphatic carbocycles. The molecule has 2 aromatic carbocycles. The van der Waals surface area contributed by atoms with E-state index in [9.17, 15) is 9.90 Å². The Bertz CT molecular complexity index is 925. The smallest absolute Gasteiger partial charge is 0.319 e. The summed E-state index contributed by atoms with van der Waals surface area (Å²) in [5.41, 5.74) is 2.38. The fraction of sp³-hybridized carbons (Fsp3) is 0.350. The van der Waals surface area contributed by atoms with Crippen molar-refractivity contribution in [2.75, 3.05) is 0 Å². The number of carboxylic acids is 1. The van der Waals surface area contributed by atoms with Gasteiger partial charge in [-0.3, -0.25) is 20.5 Å². The van der Waals surface area contributed by atoms with Gasteiger partial charge in [0.1, 0.15) is 4.75 Å². The minimum absolute atomic E-state index is 0.0274. The van der Waals surface area contributed by atoms with Crippen LogP contribution in [0.5, 0.6) is 0 Å². The summed E-state index contributed by atoms with van der Waals surface area (Å²) < 4.78 is -1.10. The first kappa shape index (κ1) is 19.9. The molecule has 0 amide bonds.